The minimum absolute atomic E-state index is 0. The number of hydrogen-bond donors (Lipinski definition) is 3. The predicted molar refractivity (Wildman–Crippen MR) is 85.1 cm³/mol. The summed E-state index contributed by atoms with van der Waals surface area (Å²) in [5, 5.41) is 4.36. The summed E-state index contributed by atoms with van der Waals surface area (Å²) in [4.78, 5) is 11.8. The second-order valence-electron chi connectivity index (χ2n) is 5.02. The molecule has 21 heavy (non-hydrogen) atoms. The smallest absolute Gasteiger partial charge is 0.250 e. The van der Waals surface area contributed by atoms with Gasteiger partial charge in [0.25, 0.3) is 10.0 Å². The lowest BCUT2D eigenvalue weighted by atomic mass is 10.2. The van der Waals surface area contributed by atoms with E-state index in [0.29, 0.717) is 12.5 Å². The van der Waals surface area contributed by atoms with Crippen LogP contribution in [0.2, 0.25) is 0 Å². The lowest BCUT2D eigenvalue weighted by molar-refractivity contribution is -0.122. The van der Waals surface area contributed by atoms with E-state index in [2.05, 4.69) is 10.0 Å². The van der Waals surface area contributed by atoms with E-state index in [1.54, 1.807) is 11.4 Å². The molecule has 6 nitrogen and oxygen atoms in total. The molecule has 9 heteroatoms. The van der Waals surface area contributed by atoms with Crippen LogP contribution in [0.5, 0.6) is 0 Å². The second-order valence-corrected chi connectivity index (χ2v) is 7.91. The number of rotatable bonds is 7. The zero-order chi connectivity index (χ0) is 14.8. The van der Waals surface area contributed by atoms with Crippen LogP contribution in [-0.2, 0) is 14.8 Å². The number of carbonyl (C=O) groups is 1. The van der Waals surface area contributed by atoms with Crippen LogP contribution in [-0.4, -0.2) is 33.0 Å². The van der Waals surface area contributed by atoms with E-state index in [0.717, 1.165) is 24.2 Å². The predicted octanol–water partition coefficient (Wildman–Crippen LogP) is 0.690. The molecule has 1 aliphatic rings. The van der Waals surface area contributed by atoms with Crippen molar-refractivity contribution in [1.29, 1.82) is 0 Å². The molecule has 0 spiro atoms. The number of carbonyl (C=O) groups excluding carboxylic acids is 1. The van der Waals surface area contributed by atoms with Gasteiger partial charge in [-0.05, 0) is 37.1 Å². The minimum Gasteiger partial charge on any atom is -0.353 e. The van der Waals surface area contributed by atoms with Gasteiger partial charge in [-0.15, -0.1) is 23.7 Å². The average molecular weight is 354 g/mol. The van der Waals surface area contributed by atoms with Crippen molar-refractivity contribution in [2.45, 2.75) is 36.1 Å². The maximum absolute atomic E-state index is 12.0. The number of sulfonamides is 1. The van der Waals surface area contributed by atoms with Gasteiger partial charge in [-0.25, -0.2) is 8.42 Å². The number of amides is 1. The topological polar surface area (TPSA) is 101 Å². The van der Waals surface area contributed by atoms with Crippen LogP contribution in [0, 0.1) is 5.92 Å². The number of nitrogens with two attached hydrogens (primary N) is 1. The molecular weight excluding hydrogens is 334 g/mol. The fourth-order valence-electron chi connectivity index (χ4n) is 1.82. The molecule has 1 aromatic heterocycles. The zero-order valence-electron chi connectivity index (χ0n) is 11.6. The molecule has 0 bridgehead atoms. The summed E-state index contributed by atoms with van der Waals surface area (Å²) in [5.74, 6) is 0.134. The van der Waals surface area contributed by atoms with Crippen molar-refractivity contribution in [1.82, 2.24) is 10.0 Å². The molecule has 1 fully saturated rings. The van der Waals surface area contributed by atoms with E-state index in [1.165, 1.54) is 13.0 Å². The highest BCUT2D eigenvalue weighted by atomic mass is 35.5. The number of nitrogens with one attached hydrogen (secondary N) is 2. The highest BCUT2D eigenvalue weighted by Gasteiger charge is 2.29. The molecule has 1 aromatic rings. The van der Waals surface area contributed by atoms with Crippen molar-refractivity contribution in [2.75, 3.05) is 6.54 Å². The van der Waals surface area contributed by atoms with Crippen LogP contribution in [0.25, 0.3) is 0 Å². The second kappa shape index (κ2) is 7.55. The van der Waals surface area contributed by atoms with E-state index in [9.17, 15) is 13.2 Å². The van der Waals surface area contributed by atoms with Crippen molar-refractivity contribution >= 4 is 39.7 Å². The number of halogens is 1. The monoisotopic (exact) mass is 353 g/mol. The maximum atomic E-state index is 12.0. The lowest BCUT2D eigenvalue weighted by Gasteiger charge is -2.16. The standard InChI is InChI=1S/C12H19N3O3S2.ClH/c1-8(12(16)14-7-10(13)9-4-5-9)15-20(17,18)11-3-2-6-19-11;/h2-3,6,8-10,15H,4-5,7,13H2,1H3,(H,14,16);1H. The molecule has 2 unspecified atom stereocenters. The molecule has 1 amide bonds. The highest BCUT2D eigenvalue weighted by Crippen LogP contribution is 2.31. The lowest BCUT2D eigenvalue weighted by Crippen LogP contribution is -2.48. The van der Waals surface area contributed by atoms with Crippen LogP contribution in [0.1, 0.15) is 19.8 Å². The van der Waals surface area contributed by atoms with Crippen LogP contribution < -0.4 is 15.8 Å². The van der Waals surface area contributed by atoms with Gasteiger partial charge in [0.1, 0.15) is 4.21 Å². The molecule has 2 atom stereocenters. The first-order valence-corrected chi connectivity index (χ1v) is 8.85. The first-order chi connectivity index (χ1) is 9.40. The van der Waals surface area contributed by atoms with E-state index in [4.69, 9.17) is 5.73 Å². The summed E-state index contributed by atoms with van der Waals surface area (Å²) in [5.41, 5.74) is 5.88. The fourth-order valence-corrected chi connectivity index (χ4v) is 4.04. The van der Waals surface area contributed by atoms with E-state index in [1.807, 2.05) is 0 Å². The third-order valence-electron chi connectivity index (χ3n) is 3.22. The summed E-state index contributed by atoms with van der Waals surface area (Å²) in [6.07, 6.45) is 2.22. The van der Waals surface area contributed by atoms with Gasteiger partial charge in [-0.2, -0.15) is 4.72 Å². The minimum atomic E-state index is -3.63. The molecule has 0 radical (unpaired) electrons. The molecule has 1 saturated carbocycles. The van der Waals surface area contributed by atoms with E-state index < -0.39 is 16.1 Å². The molecular formula is C12H20ClN3O3S2. The summed E-state index contributed by atoms with van der Waals surface area (Å²) >= 11 is 1.11. The molecule has 0 aliphatic heterocycles. The van der Waals surface area contributed by atoms with Crippen LogP contribution in [0.4, 0.5) is 0 Å². The summed E-state index contributed by atoms with van der Waals surface area (Å²) in [6, 6.07) is 2.28. The van der Waals surface area contributed by atoms with Gasteiger partial charge in [-0.1, -0.05) is 6.07 Å². The largest absolute Gasteiger partial charge is 0.353 e. The molecule has 0 saturated heterocycles. The van der Waals surface area contributed by atoms with Gasteiger partial charge in [0, 0.05) is 12.6 Å². The normalized spacial score (nSPS) is 17.6. The van der Waals surface area contributed by atoms with Crippen LogP contribution >= 0.6 is 23.7 Å². The van der Waals surface area contributed by atoms with Gasteiger partial charge < -0.3 is 11.1 Å². The maximum Gasteiger partial charge on any atom is 0.250 e. The van der Waals surface area contributed by atoms with Crippen molar-refractivity contribution in [3.63, 3.8) is 0 Å². The van der Waals surface area contributed by atoms with Crippen molar-refractivity contribution < 1.29 is 13.2 Å². The van der Waals surface area contributed by atoms with Gasteiger partial charge in [0.05, 0.1) is 6.04 Å². The third kappa shape index (κ3) is 5.23. The van der Waals surface area contributed by atoms with Gasteiger partial charge in [-0.3, -0.25) is 4.79 Å². The molecule has 2 rings (SSSR count). The zero-order valence-corrected chi connectivity index (χ0v) is 14.1. The van der Waals surface area contributed by atoms with E-state index >= 15 is 0 Å². The van der Waals surface area contributed by atoms with Gasteiger partial charge in [0.15, 0.2) is 0 Å². The SMILES string of the molecule is CC(NS(=O)(=O)c1cccs1)C(=O)NCC(N)C1CC1.Cl. The van der Waals surface area contributed by atoms with Crippen LogP contribution in [0.15, 0.2) is 21.7 Å². The van der Waals surface area contributed by atoms with Crippen molar-refractivity contribution in [3.8, 4) is 0 Å². The first kappa shape index (κ1) is 18.4. The fraction of sp³-hybridized carbons (Fsp3) is 0.583. The Morgan fingerprint density at radius 2 is 2.19 bits per heavy atom. The van der Waals surface area contributed by atoms with Gasteiger partial charge >= 0.3 is 0 Å². The Bertz CT molecular complexity index is 558. The Labute approximate surface area is 135 Å². The number of hydrogen-bond acceptors (Lipinski definition) is 5. The number of thiophene rings is 1. The molecule has 0 aromatic carbocycles. The van der Waals surface area contributed by atoms with Crippen molar-refractivity contribution in [2.24, 2.45) is 11.7 Å². The average Bonchev–Trinajstić information content (AvgIpc) is 3.08. The first-order valence-electron chi connectivity index (χ1n) is 6.49. The molecule has 1 heterocycles. The van der Waals surface area contributed by atoms with Crippen molar-refractivity contribution in [3.05, 3.63) is 17.5 Å². The Balaban J connectivity index is 0.00000220. The Morgan fingerprint density at radius 1 is 1.52 bits per heavy atom. The summed E-state index contributed by atoms with van der Waals surface area (Å²) in [6.45, 7) is 1.90. The molecule has 4 N–H and O–H groups in total. The van der Waals surface area contributed by atoms with Gasteiger partial charge in [0.2, 0.25) is 5.91 Å². The Hall–Kier alpha value is -0.670. The quantitative estimate of drug-likeness (QED) is 0.671. The third-order valence-corrected chi connectivity index (χ3v) is 6.16. The molecule has 1 aliphatic carbocycles. The van der Waals surface area contributed by atoms with E-state index in [-0.39, 0.29) is 28.6 Å². The summed E-state index contributed by atoms with van der Waals surface area (Å²) < 4.78 is 26.5. The molecule has 120 valence electrons. The summed E-state index contributed by atoms with van der Waals surface area (Å²) in [7, 11) is -3.63. The Kier molecular flexibility index (Phi) is 6.61. The highest BCUT2D eigenvalue weighted by molar-refractivity contribution is 7.91. The van der Waals surface area contributed by atoms with Crippen LogP contribution in [0.3, 0.4) is 0 Å². The Morgan fingerprint density at radius 3 is 2.71 bits per heavy atom.